The number of benzene rings is 2. The molecule has 2 aliphatic rings. The summed E-state index contributed by atoms with van der Waals surface area (Å²) in [6, 6.07) is 14.7. The molecule has 2 fully saturated rings. The molecule has 3 unspecified atom stereocenters. The van der Waals surface area contributed by atoms with Crippen molar-refractivity contribution in [2.75, 3.05) is 11.6 Å². The number of non-ortho nitro benzene ring substituents is 1. The van der Waals surface area contributed by atoms with Crippen molar-refractivity contribution in [2.45, 2.75) is 31.9 Å². The minimum absolute atomic E-state index is 0.0335. The predicted molar refractivity (Wildman–Crippen MR) is 105 cm³/mol. The molecule has 2 aromatic carbocycles. The second-order valence-corrected chi connectivity index (χ2v) is 7.19. The molecule has 0 aromatic heterocycles. The van der Waals surface area contributed by atoms with E-state index in [-0.39, 0.29) is 17.5 Å². The van der Waals surface area contributed by atoms with E-state index in [0.29, 0.717) is 17.8 Å². The number of fused-ring (bicyclic) bond motifs is 1. The van der Waals surface area contributed by atoms with Gasteiger partial charge in [0.1, 0.15) is 5.92 Å². The first-order valence-electron chi connectivity index (χ1n) is 9.63. The number of carbonyl (C=O) groups is 2. The van der Waals surface area contributed by atoms with Crippen molar-refractivity contribution < 1.29 is 19.3 Å². The number of para-hydroxylation sites is 1. The van der Waals surface area contributed by atoms with Crippen LogP contribution in [0.1, 0.15) is 31.4 Å². The van der Waals surface area contributed by atoms with Gasteiger partial charge in [-0.15, -0.1) is 0 Å². The minimum Gasteiger partial charge on any atom is -0.280 e. The number of unbranched alkanes of at least 4 members (excludes halogenated alkanes) is 1. The Morgan fingerprint density at radius 2 is 1.72 bits per heavy atom. The van der Waals surface area contributed by atoms with Crippen molar-refractivity contribution in [1.29, 1.82) is 0 Å². The molecule has 0 aliphatic carbocycles. The Labute approximate surface area is 167 Å². The van der Waals surface area contributed by atoms with Gasteiger partial charge in [0.15, 0.2) is 6.10 Å². The average molecular weight is 395 g/mol. The van der Waals surface area contributed by atoms with Crippen LogP contribution in [0, 0.1) is 16.0 Å². The Balaban J connectivity index is 1.73. The molecule has 3 atom stereocenters. The van der Waals surface area contributed by atoms with E-state index >= 15 is 0 Å². The zero-order valence-electron chi connectivity index (χ0n) is 15.9. The molecule has 4 rings (SSSR count). The lowest BCUT2D eigenvalue weighted by Crippen LogP contribution is -2.37. The first-order valence-corrected chi connectivity index (χ1v) is 9.63. The number of nitro benzene ring substituents is 1. The van der Waals surface area contributed by atoms with Crippen LogP contribution in [0.5, 0.6) is 0 Å². The normalized spacial score (nSPS) is 23.6. The number of nitro groups is 1. The van der Waals surface area contributed by atoms with E-state index in [4.69, 9.17) is 4.84 Å². The third kappa shape index (κ3) is 3.25. The number of nitrogens with zero attached hydrogens (tertiary/aromatic N) is 3. The Morgan fingerprint density at radius 1 is 1.03 bits per heavy atom. The van der Waals surface area contributed by atoms with Crippen molar-refractivity contribution in [3.63, 3.8) is 0 Å². The SMILES string of the molecule is CCCCN1C(=O)C2ON(c3ccccc3)C(c3ccc([N+](=O)[O-])cc3)C2C1=O. The van der Waals surface area contributed by atoms with Gasteiger partial charge in [-0.25, -0.2) is 5.06 Å². The van der Waals surface area contributed by atoms with Gasteiger partial charge in [-0.1, -0.05) is 43.7 Å². The quantitative estimate of drug-likeness (QED) is 0.423. The third-order valence-electron chi connectivity index (χ3n) is 5.40. The predicted octanol–water partition coefficient (Wildman–Crippen LogP) is 3.24. The molecule has 8 heteroatoms. The third-order valence-corrected chi connectivity index (χ3v) is 5.40. The molecular formula is C21H21N3O5. The van der Waals surface area contributed by atoms with Crippen molar-refractivity contribution in [3.8, 4) is 0 Å². The largest absolute Gasteiger partial charge is 0.280 e. The molecule has 2 aliphatic heterocycles. The van der Waals surface area contributed by atoms with Crippen molar-refractivity contribution >= 4 is 23.2 Å². The highest BCUT2D eigenvalue weighted by Gasteiger charge is 2.59. The first kappa shape index (κ1) is 19.1. The number of likely N-dealkylation sites (tertiary alicyclic amines) is 1. The number of rotatable bonds is 6. The highest BCUT2D eigenvalue weighted by Crippen LogP contribution is 2.46. The lowest BCUT2D eigenvalue weighted by atomic mass is 9.90. The van der Waals surface area contributed by atoms with Crippen LogP contribution in [0.15, 0.2) is 54.6 Å². The highest BCUT2D eigenvalue weighted by atomic mass is 16.7. The lowest BCUT2D eigenvalue weighted by molar-refractivity contribution is -0.384. The molecular weight excluding hydrogens is 374 g/mol. The van der Waals surface area contributed by atoms with Gasteiger partial charge < -0.3 is 0 Å². The zero-order valence-corrected chi connectivity index (χ0v) is 15.9. The van der Waals surface area contributed by atoms with Gasteiger partial charge in [-0.2, -0.15) is 0 Å². The fourth-order valence-corrected chi connectivity index (χ4v) is 3.94. The molecule has 0 bridgehead atoms. The number of hydrogen-bond donors (Lipinski definition) is 0. The summed E-state index contributed by atoms with van der Waals surface area (Å²) in [7, 11) is 0. The maximum absolute atomic E-state index is 13.1. The Hall–Kier alpha value is -3.26. The fraction of sp³-hybridized carbons (Fsp3) is 0.333. The Bertz CT molecular complexity index is 931. The molecule has 0 radical (unpaired) electrons. The van der Waals surface area contributed by atoms with Crippen LogP contribution in [-0.4, -0.2) is 34.3 Å². The van der Waals surface area contributed by atoms with E-state index in [1.54, 1.807) is 17.2 Å². The van der Waals surface area contributed by atoms with Crippen LogP contribution >= 0.6 is 0 Å². The summed E-state index contributed by atoms with van der Waals surface area (Å²) in [5.41, 5.74) is 1.37. The number of imide groups is 1. The molecule has 2 heterocycles. The Kier molecular flexibility index (Phi) is 5.02. The van der Waals surface area contributed by atoms with Crippen LogP contribution in [0.2, 0.25) is 0 Å². The number of hydrogen-bond acceptors (Lipinski definition) is 6. The average Bonchev–Trinajstić information content (AvgIpc) is 3.24. The number of carbonyl (C=O) groups excluding carboxylic acids is 2. The van der Waals surface area contributed by atoms with Gasteiger partial charge in [0, 0.05) is 18.7 Å². The number of hydroxylamine groups is 1. The molecule has 0 spiro atoms. The van der Waals surface area contributed by atoms with Crippen molar-refractivity contribution in [1.82, 2.24) is 4.90 Å². The maximum atomic E-state index is 13.1. The van der Waals surface area contributed by atoms with Crippen LogP contribution in [0.4, 0.5) is 11.4 Å². The topological polar surface area (TPSA) is 93.0 Å². The fourth-order valence-electron chi connectivity index (χ4n) is 3.94. The van der Waals surface area contributed by atoms with Gasteiger partial charge in [-0.05, 0) is 24.1 Å². The molecule has 8 nitrogen and oxygen atoms in total. The molecule has 150 valence electrons. The maximum Gasteiger partial charge on any atom is 0.269 e. The van der Waals surface area contributed by atoms with Gasteiger partial charge in [0.25, 0.3) is 11.6 Å². The summed E-state index contributed by atoms with van der Waals surface area (Å²) in [5.74, 6) is -1.27. The molecule has 2 saturated heterocycles. The minimum atomic E-state index is -0.889. The van der Waals surface area contributed by atoms with Crippen molar-refractivity contribution in [3.05, 3.63) is 70.3 Å². The first-order chi connectivity index (χ1) is 14.0. The van der Waals surface area contributed by atoms with Gasteiger partial charge in [0.05, 0.1) is 16.7 Å². The molecule has 0 N–H and O–H groups in total. The van der Waals surface area contributed by atoms with Crippen LogP contribution in [0.25, 0.3) is 0 Å². The lowest BCUT2D eigenvalue weighted by Gasteiger charge is -2.28. The van der Waals surface area contributed by atoms with Crippen LogP contribution < -0.4 is 5.06 Å². The molecule has 29 heavy (non-hydrogen) atoms. The van der Waals surface area contributed by atoms with Gasteiger partial charge >= 0.3 is 0 Å². The zero-order chi connectivity index (χ0) is 20.5. The second kappa shape index (κ2) is 7.63. The van der Waals surface area contributed by atoms with E-state index in [2.05, 4.69) is 0 Å². The molecule has 0 saturated carbocycles. The monoisotopic (exact) mass is 395 g/mol. The summed E-state index contributed by atoms with van der Waals surface area (Å²) in [4.78, 5) is 43.8. The van der Waals surface area contributed by atoms with Gasteiger partial charge in [0.2, 0.25) is 5.91 Å². The molecule has 2 amide bonds. The second-order valence-electron chi connectivity index (χ2n) is 7.19. The van der Waals surface area contributed by atoms with Crippen molar-refractivity contribution in [2.24, 2.45) is 5.92 Å². The van der Waals surface area contributed by atoms with Crippen LogP contribution in [-0.2, 0) is 14.4 Å². The highest BCUT2D eigenvalue weighted by molar-refractivity contribution is 6.07. The number of anilines is 1. The van der Waals surface area contributed by atoms with E-state index < -0.39 is 23.0 Å². The summed E-state index contributed by atoms with van der Waals surface area (Å²) in [6.45, 7) is 2.38. The standard InChI is InChI=1S/C21H21N3O5/c1-2-3-13-22-20(25)17-18(14-9-11-16(12-10-14)24(27)28)23(29-19(17)21(22)26)15-7-5-4-6-8-15/h4-12,17-19H,2-3,13H2,1H3. The summed E-state index contributed by atoms with van der Waals surface area (Å²) in [6.07, 6.45) is 0.719. The summed E-state index contributed by atoms with van der Waals surface area (Å²) >= 11 is 0. The van der Waals surface area contributed by atoms with E-state index in [0.717, 1.165) is 12.8 Å². The molecule has 2 aromatic rings. The van der Waals surface area contributed by atoms with E-state index in [1.807, 2.05) is 37.3 Å². The van der Waals surface area contributed by atoms with Crippen LogP contribution in [0.3, 0.4) is 0 Å². The summed E-state index contributed by atoms with van der Waals surface area (Å²) < 4.78 is 0. The summed E-state index contributed by atoms with van der Waals surface area (Å²) in [5, 5.41) is 12.6. The smallest absolute Gasteiger partial charge is 0.269 e. The van der Waals surface area contributed by atoms with E-state index in [1.165, 1.54) is 17.0 Å². The van der Waals surface area contributed by atoms with Gasteiger partial charge in [-0.3, -0.25) is 29.4 Å². The number of amides is 2. The Morgan fingerprint density at radius 3 is 2.34 bits per heavy atom. The van der Waals surface area contributed by atoms with E-state index in [9.17, 15) is 19.7 Å².